The number of hydrogen-bond acceptors (Lipinski definition) is 1. The molecule has 1 nitrogen and oxygen atoms in total. The SMILES string of the molecule is CCCCC(C)Cc1ccc(-c2cc(F)c(-c3cc(F)c(C(F)(F)Oc4ccc(-c5cc(F)c(F)c(F)c5)c(F)c4)c(F)c3)c(F)c2)c(F)c1. The summed E-state index contributed by atoms with van der Waals surface area (Å²) in [6.07, 6.45) is -1.22. The highest BCUT2D eigenvalue weighted by molar-refractivity contribution is 5.73. The first-order valence-electron chi connectivity index (χ1n) is 15.4. The zero-order valence-corrected chi connectivity index (χ0v) is 26.4. The van der Waals surface area contributed by atoms with E-state index in [0.29, 0.717) is 36.2 Å². The Morgan fingerprint density at radius 1 is 0.580 bits per heavy atom. The van der Waals surface area contributed by atoms with Crippen molar-refractivity contribution >= 4 is 0 Å². The number of hydrogen-bond donors (Lipinski definition) is 0. The van der Waals surface area contributed by atoms with Crippen molar-refractivity contribution in [3.8, 4) is 39.1 Å². The van der Waals surface area contributed by atoms with E-state index >= 15 is 30.7 Å². The third kappa shape index (κ3) is 7.64. The molecule has 0 aliphatic carbocycles. The molecule has 5 aromatic carbocycles. The molecule has 0 heterocycles. The maximum atomic E-state index is 15.3. The van der Waals surface area contributed by atoms with Crippen LogP contribution in [-0.2, 0) is 12.5 Å². The van der Waals surface area contributed by atoms with Crippen molar-refractivity contribution < 1.29 is 53.0 Å². The number of ether oxygens (including phenoxy) is 1. The van der Waals surface area contributed by atoms with Crippen LogP contribution in [0.2, 0.25) is 0 Å². The van der Waals surface area contributed by atoms with Gasteiger partial charge in [0.2, 0.25) is 0 Å². The molecule has 262 valence electrons. The predicted octanol–water partition coefficient (Wildman–Crippen LogP) is 12.4. The zero-order valence-electron chi connectivity index (χ0n) is 26.4. The molecule has 0 aliphatic rings. The standard InChI is InChI=1S/C38H27F11O/c1-3-4-5-19(2)10-20-6-8-25(27(39)11-20)21-12-29(41)35(30(42)13-21)23-16-31(43)36(32(44)17-23)38(48,49)50-24-7-9-26(28(40)18-24)22-14-33(45)37(47)34(46)15-22/h6-9,11-19H,3-5,10H2,1-2H3. The number of unbranched alkanes of at least 4 members (excludes halogenated alkanes) is 1. The van der Waals surface area contributed by atoms with Crippen LogP contribution in [0.15, 0.2) is 72.8 Å². The fourth-order valence-electron chi connectivity index (χ4n) is 5.68. The number of halogens is 11. The maximum Gasteiger partial charge on any atom is 0.432 e. The van der Waals surface area contributed by atoms with E-state index in [1.807, 2.05) is 6.92 Å². The van der Waals surface area contributed by atoms with Crippen LogP contribution < -0.4 is 4.74 Å². The second kappa shape index (κ2) is 14.5. The van der Waals surface area contributed by atoms with Gasteiger partial charge in [-0.3, -0.25) is 0 Å². The summed E-state index contributed by atoms with van der Waals surface area (Å²) in [5.41, 5.74) is -4.42. The smallest absolute Gasteiger partial charge is 0.429 e. The average Bonchev–Trinajstić information content (AvgIpc) is 3.01. The van der Waals surface area contributed by atoms with Gasteiger partial charge in [0.1, 0.15) is 46.2 Å². The lowest BCUT2D eigenvalue weighted by atomic mass is 9.93. The van der Waals surface area contributed by atoms with Gasteiger partial charge in [-0.15, -0.1) is 0 Å². The van der Waals surface area contributed by atoms with Gasteiger partial charge in [-0.1, -0.05) is 45.2 Å². The van der Waals surface area contributed by atoms with Crippen molar-refractivity contribution in [1.82, 2.24) is 0 Å². The van der Waals surface area contributed by atoms with Gasteiger partial charge in [0.05, 0.1) is 5.56 Å². The van der Waals surface area contributed by atoms with Crippen LogP contribution >= 0.6 is 0 Å². The van der Waals surface area contributed by atoms with Crippen molar-refractivity contribution in [3.05, 3.63) is 136 Å². The summed E-state index contributed by atoms with van der Waals surface area (Å²) in [6, 6.07) is 8.96. The van der Waals surface area contributed by atoms with Gasteiger partial charge in [-0.05, 0) is 89.2 Å². The summed E-state index contributed by atoms with van der Waals surface area (Å²) in [6.45, 7) is 4.09. The van der Waals surface area contributed by atoms with E-state index in [0.717, 1.165) is 37.5 Å². The van der Waals surface area contributed by atoms with Gasteiger partial charge in [-0.25, -0.2) is 39.5 Å². The summed E-state index contributed by atoms with van der Waals surface area (Å²) in [5, 5.41) is 0. The summed E-state index contributed by atoms with van der Waals surface area (Å²) < 4.78 is 165. The predicted molar refractivity (Wildman–Crippen MR) is 166 cm³/mol. The molecular weight excluding hydrogens is 681 g/mol. The van der Waals surface area contributed by atoms with E-state index in [9.17, 15) is 17.6 Å². The minimum Gasteiger partial charge on any atom is -0.429 e. The van der Waals surface area contributed by atoms with Gasteiger partial charge >= 0.3 is 6.11 Å². The normalized spacial score (nSPS) is 12.3. The van der Waals surface area contributed by atoms with Crippen molar-refractivity contribution in [2.45, 2.75) is 45.6 Å². The fourth-order valence-corrected chi connectivity index (χ4v) is 5.68. The fraction of sp³-hybridized carbons (Fsp3) is 0.211. The van der Waals surface area contributed by atoms with E-state index in [4.69, 9.17) is 0 Å². The first-order chi connectivity index (χ1) is 23.6. The Morgan fingerprint density at radius 3 is 1.60 bits per heavy atom. The molecule has 0 aliphatic heterocycles. The van der Waals surface area contributed by atoms with Crippen LogP contribution in [0.5, 0.6) is 5.75 Å². The molecule has 0 amide bonds. The van der Waals surface area contributed by atoms with E-state index in [1.165, 1.54) is 12.1 Å². The first-order valence-corrected chi connectivity index (χ1v) is 15.4. The lowest BCUT2D eigenvalue weighted by molar-refractivity contribution is -0.189. The molecule has 5 aromatic rings. The van der Waals surface area contributed by atoms with E-state index in [1.54, 1.807) is 6.07 Å². The Bertz CT molecular complexity index is 1990. The summed E-state index contributed by atoms with van der Waals surface area (Å²) >= 11 is 0. The monoisotopic (exact) mass is 708 g/mol. The van der Waals surface area contributed by atoms with Crippen LogP contribution in [0.25, 0.3) is 33.4 Å². The second-order valence-electron chi connectivity index (χ2n) is 11.9. The lowest BCUT2D eigenvalue weighted by Gasteiger charge is -2.20. The second-order valence-corrected chi connectivity index (χ2v) is 11.9. The highest BCUT2D eigenvalue weighted by Gasteiger charge is 2.41. The topological polar surface area (TPSA) is 9.23 Å². The lowest BCUT2D eigenvalue weighted by Crippen LogP contribution is -2.25. The molecule has 0 saturated carbocycles. The Kier molecular flexibility index (Phi) is 10.6. The molecule has 1 atom stereocenters. The molecule has 0 bridgehead atoms. The van der Waals surface area contributed by atoms with Gasteiger partial charge < -0.3 is 4.74 Å². The summed E-state index contributed by atoms with van der Waals surface area (Å²) in [5.74, 6) is -14.5. The molecule has 12 heteroatoms. The average molecular weight is 709 g/mol. The molecule has 0 fully saturated rings. The van der Waals surface area contributed by atoms with Gasteiger partial charge in [0.15, 0.2) is 17.5 Å². The highest BCUT2D eigenvalue weighted by atomic mass is 19.3. The quantitative estimate of drug-likeness (QED) is 0.0981. The summed E-state index contributed by atoms with van der Waals surface area (Å²) in [4.78, 5) is 0. The molecule has 50 heavy (non-hydrogen) atoms. The van der Waals surface area contributed by atoms with Crippen LogP contribution in [-0.4, -0.2) is 0 Å². The number of rotatable bonds is 11. The van der Waals surface area contributed by atoms with Crippen molar-refractivity contribution in [2.75, 3.05) is 0 Å². The first kappa shape index (κ1) is 36.4. The third-order valence-corrected chi connectivity index (χ3v) is 8.12. The van der Waals surface area contributed by atoms with E-state index in [2.05, 4.69) is 11.7 Å². The molecule has 0 N–H and O–H groups in total. The van der Waals surface area contributed by atoms with Gasteiger partial charge in [-0.2, -0.15) is 8.78 Å². The van der Waals surface area contributed by atoms with Crippen molar-refractivity contribution in [3.63, 3.8) is 0 Å². The molecule has 0 radical (unpaired) electrons. The van der Waals surface area contributed by atoms with Crippen LogP contribution in [0, 0.1) is 58.3 Å². The van der Waals surface area contributed by atoms with Crippen LogP contribution in [0.1, 0.15) is 44.2 Å². The molecule has 0 spiro atoms. The zero-order chi connectivity index (χ0) is 36.5. The molecule has 0 aromatic heterocycles. The van der Waals surface area contributed by atoms with Gasteiger partial charge in [0.25, 0.3) is 0 Å². The molecule has 5 rings (SSSR count). The van der Waals surface area contributed by atoms with E-state index < -0.39 is 92.0 Å². The van der Waals surface area contributed by atoms with Crippen LogP contribution in [0.3, 0.4) is 0 Å². The largest absolute Gasteiger partial charge is 0.432 e. The van der Waals surface area contributed by atoms with Crippen molar-refractivity contribution in [2.24, 2.45) is 5.92 Å². The molecule has 1 unspecified atom stereocenters. The Morgan fingerprint density at radius 2 is 1.08 bits per heavy atom. The Hall–Kier alpha value is -4.87. The molecular formula is C38H27F11O. The number of alkyl halides is 2. The minimum atomic E-state index is -4.81. The third-order valence-electron chi connectivity index (χ3n) is 8.12. The van der Waals surface area contributed by atoms with Crippen LogP contribution in [0.4, 0.5) is 48.3 Å². The Labute approximate surface area is 280 Å². The number of benzene rings is 5. The van der Waals surface area contributed by atoms with E-state index in [-0.39, 0.29) is 29.2 Å². The van der Waals surface area contributed by atoms with Crippen molar-refractivity contribution in [1.29, 1.82) is 0 Å². The summed E-state index contributed by atoms with van der Waals surface area (Å²) in [7, 11) is 0. The maximum absolute atomic E-state index is 15.3. The van der Waals surface area contributed by atoms with Gasteiger partial charge in [0, 0.05) is 17.2 Å². The Balaban J connectivity index is 1.39. The minimum absolute atomic E-state index is 0.134. The molecule has 0 saturated heterocycles. The highest BCUT2D eigenvalue weighted by Crippen LogP contribution is 2.40.